The van der Waals surface area contributed by atoms with E-state index in [2.05, 4.69) is 15.4 Å². The Morgan fingerprint density at radius 3 is 2.45 bits per heavy atom. The topological polar surface area (TPSA) is 76.7 Å². The fourth-order valence-electron chi connectivity index (χ4n) is 2.40. The van der Waals surface area contributed by atoms with Crippen molar-refractivity contribution in [2.75, 3.05) is 20.2 Å². The summed E-state index contributed by atoms with van der Waals surface area (Å²) in [6.07, 6.45) is 0.301. The lowest BCUT2D eigenvalue weighted by molar-refractivity contribution is -0.120. The van der Waals surface area contributed by atoms with E-state index < -0.39 is 36.6 Å². The zero-order chi connectivity index (χ0) is 21.4. The van der Waals surface area contributed by atoms with Crippen molar-refractivity contribution in [1.82, 2.24) is 10.6 Å². The molecule has 0 aliphatic heterocycles. The van der Waals surface area contributed by atoms with E-state index in [4.69, 9.17) is 4.74 Å². The van der Waals surface area contributed by atoms with Crippen LogP contribution in [0.3, 0.4) is 0 Å². The van der Waals surface area contributed by atoms with Crippen LogP contribution >= 0.6 is 0 Å². The first-order chi connectivity index (χ1) is 13.8. The first-order valence-electron chi connectivity index (χ1n) is 8.42. The van der Waals surface area contributed by atoms with Crippen LogP contribution in [0.5, 0.6) is 11.5 Å². The maximum Gasteiger partial charge on any atom is 0.387 e. The van der Waals surface area contributed by atoms with Crippen LogP contribution in [0, 0.1) is 11.6 Å². The zero-order valence-corrected chi connectivity index (χ0v) is 15.3. The molecule has 0 saturated carbocycles. The molecule has 0 aliphatic carbocycles. The van der Waals surface area contributed by atoms with E-state index in [0.29, 0.717) is 18.1 Å². The highest BCUT2D eigenvalue weighted by Gasteiger charge is 2.14. The number of nitrogens with one attached hydrogen (secondary N) is 2. The molecule has 0 unspecified atom stereocenters. The predicted molar refractivity (Wildman–Crippen MR) is 95.0 cm³/mol. The quantitative estimate of drug-likeness (QED) is 0.619. The highest BCUT2D eigenvalue weighted by Crippen LogP contribution is 2.29. The van der Waals surface area contributed by atoms with E-state index in [1.807, 2.05) is 0 Å². The second-order valence-electron chi connectivity index (χ2n) is 5.77. The molecule has 0 atom stereocenters. The van der Waals surface area contributed by atoms with Crippen molar-refractivity contribution in [3.63, 3.8) is 0 Å². The maximum absolute atomic E-state index is 13.5. The summed E-state index contributed by atoms with van der Waals surface area (Å²) < 4.78 is 60.5. The lowest BCUT2D eigenvalue weighted by atomic mass is 10.1. The molecule has 10 heteroatoms. The Balaban J connectivity index is 1.81. The number of carbonyl (C=O) groups excluding carboxylic acids is 2. The third-order valence-electron chi connectivity index (χ3n) is 3.77. The Kier molecular flexibility index (Phi) is 7.81. The normalized spacial score (nSPS) is 10.6. The number of ether oxygens (including phenoxy) is 2. The van der Waals surface area contributed by atoms with Gasteiger partial charge in [-0.15, -0.1) is 0 Å². The summed E-state index contributed by atoms with van der Waals surface area (Å²) in [5.41, 5.74) is 0.225. The molecule has 156 valence electrons. The Bertz CT molecular complexity index is 877. The van der Waals surface area contributed by atoms with Crippen LogP contribution in [-0.2, 0) is 11.2 Å². The highest BCUT2D eigenvalue weighted by molar-refractivity contribution is 5.96. The summed E-state index contributed by atoms with van der Waals surface area (Å²) in [5.74, 6) is -3.24. The fraction of sp³-hybridized carbons (Fsp3) is 0.263. The number of benzene rings is 2. The number of amides is 2. The predicted octanol–water partition coefficient (Wildman–Crippen LogP) is 2.66. The van der Waals surface area contributed by atoms with Gasteiger partial charge >= 0.3 is 6.61 Å². The van der Waals surface area contributed by atoms with E-state index in [1.54, 1.807) is 6.07 Å². The van der Waals surface area contributed by atoms with Crippen LogP contribution in [0.4, 0.5) is 17.6 Å². The van der Waals surface area contributed by atoms with Crippen molar-refractivity contribution in [2.45, 2.75) is 13.0 Å². The number of alkyl halides is 2. The van der Waals surface area contributed by atoms with Crippen LogP contribution in [0.1, 0.15) is 15.9 Å². The molecule has 0 bridgehead atoms. The molecule has 29 heavy (non-hydrogen) atoms. The number of halogens is 4. The van der Waals surface area contributed by atoms with Gasteiger partial charge in [0.25, 0.3) is 5.91 Å². The van der Waals surface area contributed by atoms with E-state index >= 15 is 0 Å². The SMILES string of the molecule is COc1ccc(CCNC(=O)CNC(=O)c2ccc(F)cc2F)cc1OC(F)F. The number of methoxy groups -OCH3 is 1. The van der Waals surface area contributed by atoms with Gasteiger partial charge in [-0.25, -0.2) is 8.78 Å². The minimum atomic E-state index is -3.01. The molecule has 6 nitrogen and oxygen atoms in total. The Labute approximate surface area is 163 Å². The van der Waals surface area contributed by atoms with Crippen LogP contribution in [0.25, 0.3) is 0 Å². The van der Waals surface area contributed by atoms with Gasteiger partial charge < -0.3 is 20.1 Å². The summed E-state index contributed by atoms with van der Waals surface area (Å²) in [7, 11) is 1.32. The van der Waals surface area contributed by atoms with Gasteiger partial charge in [0.05, 0.1) is 19.2 Å². The Hall–Kier alpha value is -3.30. The summed E-state index contributed by atoms with van der Waals surface area (Å²) in [6, 6.07) is 6.93. The molecule has 2 aromatic carbocycles. The van der Waals surface area contributed by atoms with Crippen LogP contribution < -0.4 is 20.1 Å². The average molecular weight is 414 g/mol. The molecule has 0 radical (unpaired) electrons. The van der Waals surface area contributed by atoms with Gasteiger partial charge in [0.1, 0.15) is 11.6 Å². The largest absolute Gasteiger partial charge is 0.493 e. The molecule has 0 heterocycles. The lowest BCUT2D eigenvalue weighted by Gasteiger charge is -2.12. The second-order valence-corrected chi connectivity index (χ2v) is 5.77. The highest BCUT2D eigenvalue weighted by atomic mass is 19.3. The monoisotopic (exact) mass is 414 g/mol. The summed E-state index contributed by atoms with van der Waals surface area (Å²) in [6.45, 7) is -3.27. The molecule has 0 aromatic heterocycles. The number of hydrogen-bond acceptors (Lipinski definition) is 4. The first-order valence-corrected chi connectivity index (χ1v) is 8.42. The molecule has 0 fully saturated rings. The average Bonchev–Trinajstić information content (AvgIpc) is 2.66. The van der Waals surface area contributed by atoms with Crippen LogP contribution in [0.15, 0.2) is 36.4 Å². The number of hydrogen-bond donors (Lipinski definition) is 2. The minimum Gasteiger partial charge on any atom is -0.493 e. The van der Waals surface area contributed by atoms with Crippen molar-refractivity contribution < 1.29 is 36.6 Å². The van der Waals surface area contributed by atoms with Crippen LogP contribution in [0.2, 0.25) is 0 Å². The van der Waals surface area contributed by atoms with Gasteiger partial charge in [-0.1, -0.05) is 6.07 Å². The Morgan fingerprint density at radius 1 is 1.03 bits per heavy atom. The van der Waals surface area contributed by atoms with E-state index in [-0.39, 0.29) is 23.6 Å². The van der Waals surface area contributed by atoms with Crippen molar-refractivity contribution >= 4 is 11.8 Å². The molecule has 2 rings (SSSR count). The van der Waals surface area contributed by atoms with Gasteiger partial charge in [-0.3, -0.25) is 9.59 Å². The van der Waals surface area contributed by atoms with Crippen molar-refractivity contribution in [1.29, 1.82) is 0 Å². The lowest BCUT2D eigenvalue weighted by Crippen LogP contribution is -2.38. The molecule has 0 spiro atoms. The number of carbonyl (C=O) groups is 2. The summed E-state index contributed by atoms with van der Waals surface area (Å²) in [4.78, 5) is 23.6. The van der Waals surface area contributed by atoms with Crippen molar-refractivity contribution in [3.8, 4) is 11.5 Å². The van der Waals surface area contributed by atoms with Gasteiger partial charge in [-0.2, -0.15) is 8.78 Å². The molecular weight excluding hydrogens is 396 g/mol. The molecule has 2 aromatic rings. The van der Waals surface area contributed by atoms with E-state index in [0.717, 1.165) is 12.1 Å². The molecule has 2 amide bonds. The molecule has 0 aliphatic rings. The fourth-order valence-corrected chi connectivity index (χ4v) is 2.40. The van der Waals surface area contributed by atoms with Gasteiger partial charge in [0, 0.05) is 12.6 Å². The van der Waals surface area contributed by atoms with Gasteiger partial charge in [0.15, 0.2) is 11.5 Å². The van der Waals surface area contributed by atoms with Crippen LogP contribution in [-0.4, -0.2) is 38.6 Å². The molecule has 2 N–H and O–H groups in total. The van der Waals surface area contributed by atoms with E-state index in [9.17, 15) is 27.2 Å². The van der Waals surface area contributed by atoms with E-state index in [1.165, 1.54) is 19.2 Å². The second kappa shape index (κ2) is 10.3. The maximum atomic E-state index is 13.5. The Morgan fingerprint density at radius 2 is 1.79 bits per heavy atom. The van der Waals surface area contributed by atoms with Gasteiger partial charge in [-0.05, 0) is 36.2 Å². The zero-order valence-electron chi connectivity index (χ0n) is 15.3. The number of rotatable bonds is 9. The third-order valence-corrected chi connectivity index (χ3v) is 3.77. The standard InChI is InChI=1S/C19H18F4N2O4/c1-28-15-5-2-11(8-16(15)29-19(22)23)6-7-24-17(26)10-25-18(27)13-4-3-12(20)9-14(13)21/h2-5,8-9,19H,6-7,10H2,1H3,(H,24,26)(H,25,27). The third kappa shape index (κ3) is 6.66. The summed E-state index contributed by atoms with van der Waals surface area (Å²) >= 11 is 0. The van der Waals surface area contributed by atoms with Crippen molar-refractivity contribution in [2.24, 2.45) is 0 Å². The smallest absolute Gasteiger partial charge is 0.387 e. The molecule has 0 saturated heterocycles. The molecular formula is C19H18F4N2O4. The van der Waals surface area contributed by atoms with Gasteiger partial charge in [0.2, 0.25) is 5.91 Å². The first kappa shape index (κ1) is 22.0. The summed E-state index contributed by atoms with van der Waals surface area (Å²) in [5, 5.41) is 4.74. The minimum absolute atomic E-state index is 0.125. The van der Waals surface area contributed by atoms with Crippen molar-refractivity contribution in [3.05, 3.63) is 59.2 Å².